The quantitative estimate of drug-likeness (QED) is 0.144. The van der Waals surface area contributed by atoms with Gasteiger partial charge in [-0.15, -0.1) is 0 Å². The van der Waals surface area contributed by atoms with Gasteiger partial charge in [0, 0.05) is 0 Å². The van der Waals surface area contributed by atoms with Crippen LogP contribution in [0.25, 0.3) is 6.08 Å². The van der Waals surface area contributed by atoms with Crippen LogP contribution >= 0.6 is 34.4 Å². The summed E-state index contributed by atoms with van der Waals surface area (Å²) in [4.78, 5) is 31.7. The Morgan fingerprint density at radius 3 is 2.32 bits per heavy atom. The van der Waals surface area contributed by atoms with Crippen molar-refractivity contribution < 1.29 is 24.2 Å². The van der Waals surface area contributed by atoms with Gasteiger partial charge in [0.25, 0.3) is 5.91 Å². The zero-order valence-electron chi connectivity index (χ0n) is 22.0. The Balaban J connectivity index is 1.44. The van der Waals surface area contributed by atoms with Gasteiger partial charge in [-0.1, -0.05) is 48.5 Å². The van der Waals surface area contributed by atoms with E-state index >= 15 is 0 Å². The van der Waals surface area contributed by atoms with Crippen molar-refractivity contribution in [3.63, 3.8) is 0 Å². The molecule has 0 radical (unpaired) electrons. The molecule has 1 saturated heterocycles. The van der Waals surface area contributed by atoms with Crippen LogP contribution in [-0.2, 0) is 11.4 Å². The van der Waals surface area contributed by atoms with Crippen molar-refractivity contribution in [2.24, 2.45) is 4.99 Å². The lowest BCUT2D eigenvalue weighted by Crippen LogP contribution is -2.28. The number of nitrogens with zero attached hydrogens (tertiary/aromatic N) is 2. The molecule has 0 atom stereocenters. The van der Waals surface area contributed by atoms with Gasteiger partial charge in [0.1, 0.15) is 6.61 Å². The fourth-order valence-electron chi connectivity index (χ4n) is 4.09. The monoisotopic (exact) mass is 676 g/mol. The zero-order chi connectivity index (χ0) is 28.8. The van der Waals surface area contributed by atoms with E-state index in [1.807, 2.05) is 85.8 Å². The molecule has 0 aliphatic carbocycles. The third kappa shape index (κ3) is 6.80. The molecule has 0 bridgehead atoms. The summed E-state index contributed by atoms with van der Waals surface area (Å²) in [6.45, 7) is 2.58. The Bertz CT molecular complexity index is 1620. The highest BCUT2D eigenvalue weighted by Gasteiger charge is 2.34. The summed E-state index contributed by atoms with van der Waals surface area (Å²) < 4.78 is 12.8. The molecule has 0 saturated carbocycles. The van der Waals surface area contributed by atoms with Crippen LogP contribution in [0.5, 0.6) is 11.5 Å². The lowest BCUT2D eigenvalue weighted by atomic mass is 10.1. The van der Waals surface area contributed by atoms with Crippen molar-refractivity contribution in [1.82, 2.24) is 0 Å². The van der Waals surface area contributed by atoms with E-state index in [1.54, 1.807) is 29.2 Å². The lowest BCUT2D eigenvalue weighted by molar-refractivity contribution is -0.113. The van der Waals surface area contributed by atoms with Gasteiger partial charge >= 0.3 is 5.97 Å². The second-order valence-electron chi connectivity index (χ2n) is 8.87. The molecule has 0 spiro atoms. The van der Waals surface area contributed by atoms with Crippen LogP contribution in [0.2, 0.25) is 0 Å². The van der Waals surface area contributed by atoms with Crippen molar-refractivity contribution >= 4 is 68.8 Å². The Morgan fingerprint density at radius 2 is 1.66 bits per heavy atom. The van der Waals surface area contributed by atoms with Gasteiger partial charge in [-0.05, 0) is 107 Å². The Kier molecular flexibility index (Phi) is 9.05. The first kappa shape index (κ1) is 28.4. The summed E-state index contributed by atoms with van der Waals surface area (Å²) in [5.74, 6) is 0.00935. The number of benzene rings is 4. The molecule has 1 N–H and O–H groups in total. The molecule has 4 aromatic rings. The summed E-state index contributed by atoms with van der Waals surface area (Å²) in [5, 5.41) is 9.70. The van der Waals surface area contributed by atoms with Crippen molar-refractivity contribution in [1.29, 1.82) is 0 Å². The van der Waals surface area contributed by atoms with Gasteiger partial charge in [0.2, 0.25) is 0 Å². The van der Waals surface area contributed by atoms with Gasteiger partial charge in [0.15, 0.2) is 16.7 Å². The number of para-hydroxylation sites is 2. The number of carboxylic acids is 1. The zero-order valence-corrected chi connectivity index (χ0v) is 25.0. The van der Waals surface area contributed by atoms with E-state index < -0.39 is 5.97 Å². The van der Waals surface area contributed by atoms with Crippen LogP contribution in [0.15, 0.2) is 107 Å². The number of aromatic carboxylic acids is 1. The van der Waals surface area contributed by atoms with E-state index in [9.17, 15) is 9.59 Å². The summed E-state index contributed by atoms with van der Waals surface area (Å²) in [6.07, 6.45) is 1.84. The van der Waals surface area contributed by atoms with Gasteiger partial charge in [-0.25, -0.2) is 9.79 Å². The average molecular weight is 677 g/mol. The average Bonchev–Trinajstić information content (AvgIpc) is 3.27. The number of halogens is 1. The minimum Gasteiger partial charge on any atom is -0.490 e. The summed E-state index contributed by atoms with van der Waals surface area (Å²) in [5.41, 5.74) is 3.35. The third-order valence-electron chi connectivity index (χ3n) is 6.02. The number of carboxylic acid groups (broad SMARTS) is 1. The van der Waals surface area contributed by atoms with Crippen LogP contribution in [0, 0.1) is 3.57 Å². The molecule has 5 rings (SSSR count). The number of hydrogen-bond donors (Lipinski definition) is 1. The van der Waals surface area contributed by atoms with Gasteiger partial charge < -0.3 is 14.6 Å². The van der Waals surface area contributed by atoms with E-state index in [2.05, 4.69) is 22.6 Å². The molecule has 4 aromatic carbocycles. The van der Waals surface area contributed by atoms with Crippen molar-refractivity contribution in [3.8, 4) is 11.5 Å². The molecule has 41 heavy (non-hydrogen) atoms. The first-order valence-corrected chi connectivity index (χ1v) is 14.7. The molecule has 9 heteroatoms. The fraction of sp³-hybridized carbons (Fsp3) is 0.0938. The van der Waals surface area contributed by atoms with Crippen molar-refractivity contribution in [3.05, 3.63) is 122 Å². The maximum absolute atomic E-state index is 13.7. The van der Waals surface area contributed by atoms with Crippen LogP contribution in [-0.4, -0.2) is 28.8 Å². The first-order valence-electron chi connectivity index (χ1n) is 12.8. The minimum atomic E-state index is -0.973. The SMILES string of the molecule is CCOc1cc(/C=C2/SC(=Nc3ccccc3)N(c3ccccc3)C2=O)cc(I)c1OCc1ccc(C(=O)O)cc1. The number of hydrogen-bond acceptors (Lipinski definition) is 6. The molecule has 206 valence electrons. The molecule has 1 fully saturated rings. The second kappa shape index (κ2) is 13.0. The summed E-state index contributed by atoms with van der Waals surface area (Å²) in [6, 6.07) is 29.4. The molecule has 0 unspecified atom stereocenters. The summed E-state index contributed by atoms with van der Waals surface area (Å²) >= 11 is 3.52. The molecular formula is C32H25IN2O5S. The number of amidine groups is 1. The van der Waals surface area contributed by atoms with Crippen LogP contribution in [0.1, 0.15) is 28.4 Å². The first-order chi connectivity index (χ1) is 19.9. The molecule has 1 aliphatic rings. The highest BCUT2D eigenvalue weighted by molar-refractivity contribution is 14.1. The predicted molar refractivity (Wildman–Crippen MR) is 171 cm³/mol. The largest absolute Gasteiger partial charge is 0.490 e. The van der Waals surface area contributed by atoms with Crippen LogP contribution in [0.3, 0.4) is 0 Å². The van der Waals surface area contributed by atoms with E-state index in [0.717, 1.165) is 26.1 Å². The maximum atomic E-state index is 13.7. The smallest absolute Gasteiger partial charge is 0.335 e. The summed E-state index contributed by atoms with van der Waals surface area (Å²) in [7, 11) is 0. The number of anilines is 1. The van der Waals surface area contributed by atoms with E-state index in [-0.39, 0.29) is 18.1 Å². The number of rotatable bonds is 9. The van der Waals surface area contributed by atoms with E-state index in [0.29, 0.717) is 28.2 Å². The number of carbonyl (C=O) groups excluding carboxylic acids is 1. The van der Waals surface area contributed by atoms with E-state index in [1.165, 1.54) is 11.8 Å². The number of aliphatic imine (C=N–C) groups is 1. The predicted octanol–water partition coefficient (Wildman–Crippen LogP) is 7.78. The van der Waals surface area contributed by atoms with Gasteiger partial charge in [-0.2, -0.15) is 0 Å². The molecule has 1 aliphatic heterocycles. The van der Waals surface area contributed by atoms with Gasteiger partial charge in [0.05, 0.1) is 32.0 Å². The third-order valence-corrected chi connectivity index (χ3v) is 7.79. The van der Waals surface area contributed by atoms with Crippen molar-refractivity contribution in [2.75, 3.05) is 11.5 Å². The second-order valence-corrected chi connectivity index (χ2v) is 11.0. The number of amides is 1. The van der Waals surface area contributed by atoms with E-state index in [4.69, 9.17) is 19.6 Å². The normalized spacial score (nSPS) is 15.0. The molecule has 1 amide bonds. The lowest BCUT2D eigenvalue weighted by Gasteiger charge is -2.15. The van der Waals surface area contributed by atoms with Crippen LogP contribution < -0.4 is 14.4 Å². The molecule has 1 heterocycles. The Labute approximate surface area is 255 Å². The highest BCUT2D eigenvalue weighted by atomic mass is 127. The standard InChI is InChI=1S/C32H25IN2O5S/c1-2-39-27-18-22(17-26(33)29(27)40-20-21-13-15-23(16-14-21)31(37)38)19-28-30(36)35(25-11-7-4-8-12-25)32(41-28)34-24-9-5-3-6-10-24/h3-19H,2,20H2,1H3,(H,37,38)/b28-19+,34-32?. The number of thioether (sulfide) groups is 1. The number of carbonyl (C=O) groups is 2. The molecule has 0 aromatic heterocycles. The minimum absolute atomic E-state index is 0.158. The Hall–Kier alpha value is -4.09. The Morgan fingerprint density at radius 1 is 0.976 bits per heavy atom. The van der Waals surface area contributed by atoms with Crippen LogP contribution in [0.4, 0.5) is 11.4 Å². The maximum Gasteiger partial charge on any atom is 0.335 e. The fourth-order valence-corrected chi connectivity index (χ4v) is 5.87. The van der Waals surface area contributed by atoms with Crippen molar-refractivity contribution in [2.45, 2.75) is 13.5 Å². The molecular weight excluding hydrogens is 651 g/mol. The molecule has 7 nitrogen and oxygen atoms in total. The van der Waals surface area contributed by atoms with Gasteiger partial charge in [-0.3, -0.25) is 9.69 Å². The highest BCUT2D eigenvalue weighted by Crippen LogP contribution is 2.40. The number of ether oxygens (including phenoxy) is 2. The topological polar surface area (TPSA) is 88.4 Å².